The van der Waals surface area contributed by atoms with E-state index in [-0.39, 0.29) is 42.6 Å². The second kappa shape index (κ2) is 6.41. The molecule has 0 bridgehead atoms. The molecule has 1 fully saturated rings. The number of aromatic hydroxyl groups is 1. The van der Waals surface area contributed by atoms with Gasteiger partial charge < -0.3 is 35.8 Å². The predicted molar refractivity (Wildman–Crippen MR) is 84.3 cm³/mol. The zero-order valence-corrected chi connectivity index (χ0v) is 13.6. The number of carbonyl (C=O) groups excluding carboxylic acids is 2. The van der Waals surface area contributed by atoms with E-state index in [1.165, 1.54) is 13.0 Å². The molecule has 1 aromatic carbocycles. The second-order valence-corrected chi connectivity index (χ2v) is 6.31. The highest BCUT2D eigenvalue weighted by Crippen LogP contribution is 2.48. The molecule has 1 saturated carbocycles. The van der Waals surface area contributed by atoms with E-state index in [0.29, 0.717) is 5.56 Å². The van der Waals surface area contributed by atoms with E-state index in [1.807, 2.05) is 0 Å². The standard InChI is InChI=1S/C16H20N2O7/c1-6(19)18-9-4-11(21)10(20)2-7(9)8-3-12-15(25-5-24-12)14(22)13(8)16(17)23/h3,7,9-11,20-22H,2,4-5H2,1H3,(H2,17,23)(H,18,19)/t7?,9?,10-,11+/m0/s1. The molecule has 25 heavy (non-hydrogen) atoms. The van der Waals surface area contributed by atoms with Gasteiger partial charge in [-0.25, -0.2) is 0 Å². The van der Waals surface area contributed by atoms with Crippen molar-refractivity contribution in [3.05, 3.63) is 17.2 Å². The van der Waals surface area contributed by atoms with Gasteiger partial charge in [0, 0.05) is 18.9 Å². The Labute approximate surface area is 143 Å². The van der Waals surface area contributed by atoms with Crippen molar-refractivity contribution < 1.29 is 34.4 Å². The van der Waals surface area contributed by atoms with Crippen molar-refractivity contribution >= 4 is 11.8 Å². The first kappa shape index (κ1) is 17.3. The summed E-state index contributed by atoms with van der Waals surface area (Å²) in [4.78, 5) is 23.4. The average molecular weight is 352 g/mol. The molecule has 0 saturated heterocycles. The van der Waals surface area contributed by atoms with E-state index in [9.17, 15) is 24.9 Å². The van der Waals surface area contributed by atoms with E-state index in [4.69, 9.17) is 15.2 Å². The highest BCUT2D eigenvalue weighted by molar-refractivity contribution is 5.99. The van der Waals surface area contributed by atoms with Gasteiger partial charge in [0.1, 0.15) is 0 Å². The smallest absolute Gasteiger partial charge is 0.252 e. The Hall–Kier alpha value is -2.52. The number of nitrogens with two attached hydrogens (primary N) is 1. The van der Waals surface area contributed by atoms with Crippen LogP contribution in [-0.4, -0.2) is 52.2 Å². The number of hydrogen-bond acceptors (Lipinski definition) is 7. The molecule has 1 aromatic rings. The third-order valence-corrected chi connectivity index (χ3v) is 4.62. The maximum atomic E-state index is 11.9. The van der Waals surface area contributed by atoms with E-state index in [2.05, 4.69) is 5.32 Å². The third kappa shape index (κ3) is 3.08. The van der Waals surface area contributed by atoms with Gasteiger partial charge in [-0.1, -0.05) is 0 Å². The predicted octanol–water partition coefficient (Wildman–Crippen LogP) is -0.676. The molecule has 1 aliphatic heterocycles. The van der Waals surface area contributed by atoms with Gasteiger partial charge in [0.05, 0.1) is 17.8 Å². The van der Waals surface area contributed by atoms with Crippen molar-refractivity contribution in [2.24, 2.45) is 5.73 Å². The van der Waals surface area contributed by atoms with E-state index < -0.39 is 35.8 Å². The number of aliphatic hydroxyl groups excluding tert-OH is 2. The number of amides is 2. The summed E-state index contributed by atoms with van der Waals surface area (Å²) in [5, 5.41) is 33.1. The first-order valence-corrected chi connectivity index (χ1v) is 7.88. The third-order valence-electron chi connectivity index (χ3n) is 4.62. The zero-order chi connectivity index (χ0) is 18.3. The molecule has 2 aliphatic rings. The van der Waals surface area contributed by atoms with Crippen LogP contribution in [0.5, 0.6) is 17.2 Å². The van der Waals surface area contributed by atoms with Gasteiger partial charge >= 0.3 is 0 Å². The number of ether oxygens (including phenoxy) is 2. The van der Waals surface area contributed by atoms with Crippen LogP contribution in [0.1, 0.15) is 41.6 Å². The Morgan fingerprint density at radius 1 is 1.24 bits per heavy atom. The number of fused-ring (bicyclic) bond motifs is 1. The van der Waals surface area contributed by atoms with Crippen LogP contribution in [0, 0.1) is 0 Å². The SMILES string of the molecule is CC(=O)NC1C[C@@H](O)[C@@H](O)CC1c1cc2c(c(O)c1C(N)=O)OCO2. The number of aliphatic hydroxyl groups is 2. The number of phenols is 1. The maximum absolute atomic E-state index is 11.9. The van der Waals surface area contributed by atoms with Gasteiger partial charge in [-0.2, -0.15) is 0 Å². The van der Waals surface area contributed by atoms with Crippen molar-refractivity contribution in [3.63, 3.8) is 0 Å². The van der Waals surface area contributed by atoms with Crippen LogP contribution in [0.15, 0.2) is 6.07 Å². The molecule has 1 aliphatic carbocycles. The molecule has 9 heteroatoms. The minimum atomic E-state index is -1.04. The van der Waals surface area contributed by atoms with Crippen LogP contribution >= 0.6 is 0 Å². The highest BCUT2D eigenvalue weighted by atomic mass is 16.7. The molecule has 9 nitrogen and oxygen atoms in total. The quantitative estimate of drug-likeness (QED) is 0.483. The molecule has 0 aromatic heterocycles. The number of primary amides is 1. The lowest BCUT2D eigenvalue weighted by Crippen LogP contribution is -2.49. The average Bonchev–Trinajstić information content (AvgIpc) is 2.98. The van der Waals surface area contributed by atoms with E-state index in [0.717, 1.165) is 0 Å². The summed E-state index contributed by atoms with van der Waals surface area (Å²) in [5.41, 5.74) is 5.62. The van der Waals surface area contributed by atoms with Crippen molar-refractivity contribution in [3.8, 4) is 17.2 Å². The minimum Gasteiger partial charge on any atom is -0.504 e. The molecule has 1 heterocycles. The molecule has 6 N–H and O–H groups in total. The number of rotatable bonds is 3. The lowest BCUT2D eigenvalue weighted by molar-refractivity contribution is -0.121. The lowest BCUT2D eigenvalue weighted by atomic mass is 9.75. The normalized spacial score (nSPS) is 27.8. The molecular weight excluding hydrogens is 332 g/mol. The fourth-order valence-corrected chi connectivity index (χ4v) is 3.52. The largest absolute Gasteiger partial charge is 0.504 e. The van der Waals surface area contributed by atoms with Crippen LogP contribution in [-0.2, 0) is 4.79 Å². The van der Waals surface area contributed by atoms with Crippen LogP contribution in [0.4, 0.5) is 0 Å². The van der Waals surface area contributed by atoms with Gasteiger partial charge in [0.25, 0.3) is 5.91 Å². The molecule has 136 valence electrons. The Morgan fingerprint density at radius 2 is 1.92 bits per heavy atom. The first-order valence-electron chi connectivity index (χ1n) is 7.88. The first-order chi connectivity index (χ1) is 11.8. The summed E-state index contributed by atoms with van der Waals surface area (Å²) in [7, 11) is 0. The van der Waals surface area contributed by atoms with Crippen molar-refractivity contribution in [1.29, 1.82) is 0 Å². The molecule has 0 spiro atoms. The number of carbonyl (C=O) groups is 2. The number of hydrogen-bond donors (Lipinski definition) is 5. The zero-order valence-electron chi connectivity index (χ0n) is 13.6. The summed E-state index contributed by atoms with van der Waals surface area (Å²) >= 11 is 0. The summed E-state index contributed by atoms with van der Waals surface area (Å²) in [6.45, 7) is 1.23. The van der Waals surface area contributed by atoms with Crippen LogP contribution in [0.25, 0.3) is 0 Å². The highest BCUT2D eigenvalue weighted by Gasteiger charge is 2.40. The molecule has 2 amide bonds. The summed E-state index contributed by atoms with van der Waals surface area (Å²) in [5.74, 6) is -1.88. The van der Waals surface area contributed by atoms with Gasteiger partial charge in [-0.15, -0.1) is 0 Å². The lowest BCUT2D eigenvalue weighted by Gasteiger charge is -2.38. The van der Waals surface area contributed by atoms with Gasteiger partial charge in [0.2, 0.25) is 18.4 Å². The van der Waals surface area contributed by atoms with Gasteiger partial charge in [-0.05, 0) is 24.5 Å². The fraction of sp³-hybridized carbons (Fsp3) is 0.500. The molecular formula is C16H20N2O7. The topological polar surface area (TPSA) is 151 Å². The van der Waals surface area contributed by atoms with Crippen LogP contribution in [0.2, 0.25) is 0 Å². The van der Waals surface area contributed by atoms with Crippen molar-refractivity contribution in [1.82, 2.24) is 5.32 Å². The van der Waals surface area contributed by atoms with Crippen LogP contribution < -0.4 is 20.5 Å². The molecule has 0 radical (unpaired) electrons. The van der Waals surface area contributed by atoms with E-state index in [1.54, 1.807) is 0 Å². The number of nitrogens with one attached hydrogen (secondary N) is 1. The van der Waals surface area contributed by atoms with Crippen molar-refractivity contribution in [2.75, 3.05) is 6.79 Å². The Balaban J connectivity index is 2.10. The molecule has 3 rings (SSSR count). The van der Waals surface area contributed by atoms with Gasteiger partial charge in [0.15, 0.2) is 11.5 Å². The summed E-state index contributed by atoms with van der Waals surface area (Å²) < 4.78 is 10.4. The van der Waals surface area contributed by atoms with Gasteiger partial charge in [-0.3, -0.25) is 9.59 Å². The maximum Gasteiger partial charge on any atom is 0.252 e. The fourth-order valence-electron chi connectivity index (χ4n) is 3.52. The van der Waals surface area contributed by atoms with E-state index >= 15 is 0 Å². The second-order valence-electron chi connectivity index (χ2n) is 6.31. The molecule has 2 unspecified atom stereocenters. The monoisotopic (exact) mass is 352 g/mol. The van der Waals surface area contributed by atoms with Crippen LogP contribution in [0.3, 0.4) is 0 Å². The summed E-state index contributed by atoms with van der Waals surface area (Å²) in [6.07, 6.45) is -1.87. The Kier molecular flexibility index (Phi) is 4.44. The minimum absolute atomic E-state index is 0.0324. The Bertz CT molecular complexity index is 721. The molecule has 4 atom stereocenters. The van der Waals surface area contributed by atoms with Crippen molar-refractivity contribution in [2.45, 2.75) is 43.9 Å². The Morgan fingerprint density at radius 3 is 2.56 bits per heavy atom. The summed E-state index contributed by atoms with van der Waals surface area (Å²) in [6, 6.07) is 0.972. The number of benzene rings is 1.